The Bertz CT molecular complexity index is 1080. The lowest BCUT2D eigenvalue weighted by atomic mass is 10.1. The van der Waals surface area contributed by atoms with E-state index in [1.54, 1.807) is 6.07 Å². The van der Waals surface area contributed by atoms with E-state index in [4.69, 9.17) is 10.3 Å². The molecular weight excluding hydrogens is 345 g/mol. The number of nitrogens with two attached hydrogens (primary N) is 1. The lowest BCUT2D eigenvalue weighted by molar-refractivity contribution is -0.137. The van der Waals surface area contributed by atoms with Gasteiger partial charge in [0.15, 0.2) is 5.82 Å². The summed E-state index contributed by atoms with van der Waals surface area (Å²) in [6.45, 7) is 0.329. The molecule has 8 heteroatoms. The van der Waals surface area contributed by atoms with E-state index in [0.717, 1.165) is 23.0 Å². The van der Waals surface area contributed by atoms with E-state index < -0.39 is 11.7 Å². The lowest BCUT2D eigenvalue weighted by Crippen LogP contribution is -2.04. The van der Waals surface area contributed by atoms with E-state index in [1.165, 1.54) is 12.1 Å². The SMILES string of the molecule is Nc1ccc2c(ccn2Cc2noc(-c3cccc(C(F)(F)F)c3)n2)c1. The third-order valence-electron chi connectivity index (χ3n) is 4.01. The maximum absolute atomic E-state index is 12.8. The Labute approximate surface area is 145 Å². The van der Waals surface area contributed by atoms with Crippen LogP contribution in [0.15, 0.2) is 59.3 Å². The number of anilines is 1. The van der Waals surface area contributed by atoms with Gasteiger partial charge in [-0.25, -0.2) is 0 Å². The predicted octanol–water partition coefficient (Wildman–Crippen LogP) is 4.34. The van der Waals surface area contributed by atoms with Crippen LogP contribution in [0.3, 0.4) is 0 Å². The highest BCUT2D eigenvalue weighted by Gasteiger charge is 2.30. The molecule has 0 aliphatic carbocycles. The second-order valence-electron chi connectivity index (χ2n) is 5.86. The molecule has 0 aliphatic heterocycles. The van der Waals surface area contributed by atoms with E-state index in [1.807, 2.05) is 29.0 Å². The molecule has 26 heavy (non-hydrogen) atoms. The van der Waals surface area contributed by atoms with Crippen LogP contribution >= 0.6 is 0 Å². The Morgan fingerprint density at radius 3 is 2.73 bits per heavy atom. The van der Waals surface area contributed by atoms with Crippen molar-refractivity contribution in [2.75, 3.05) is 5.73 Å². The van der Waals surface area contributed by atoms with Crippen molar-refractivity contribution < 1.29 is 17.7 Å². The Morgan fingerprint density at radius 2 is 1.92 bits per heavy atom. The van der Waals surface area contributed by atoms with Crippen molar-refractivity contribution >= 4 is 16.6 Å². The van der Waals surface area contributed by atoms with E-state index in [0.29, 0.717) is 18.1 Å². The van der Waals surface area contributed by atoms with Gasteiger partial charge in [-0.3, -0.25) is 0 Å². The number of alkyl halides is 3. The molecule has 0 bridgehead atoms. The molecule has 2 heterocycles. The molecule has 0 saturated carbocycles. The van der Waals surface area contributed by atoms with Crippen molar-refractivity contribution in [2.45, 2.75) is 12.7 Å². The van der Waals surface area contributed by atoms with Gasteiger partial charge in [0.1, 0.15) is 0 Å². The number of hydrogen-bond donors (Lipinski definition) is 1. The second-order valence-corrected chi connectivity index (χ2v) is 5.86. The van der Waals surface area contributed by atoms with Crippen LogP contribution in [0.25, 0.3) is 22.4 Å². The van der Waals surface area contributed by atoms with Crippen LogP contribution in [-0.2, 0) is 12.7 Å². The summed E-state index contributed by atoms with van der Waals surface area (Å²) in [5.74, 6) is 0.415. The standard InChI is InChI=1S/C18H13F3N4O/c19-18(20,21)13-3-1-2-12(8-13)17-23-16(24-26-17)10-25-7-6-11-9-14(22)4-5-15(11)25/h1-9H,10,22H2. The summed E-state index contributed by atoms with van der Waals surface area (Å²) < 4.78 is 45.6. The van der Waals surface area contributed by atoms with Crippen LogP contribution in [-0.4, -0.2) is 14.7 Å². The highest BCUT2D eigenvalue weighted by molar-refractivity contribution is 5.83. The van der Waals surface area contributed by atoms with Crippen LogP contribution in [0.5, 0.6) is 0 Å². The Hall–Kier alpha value is -3.29. The fraction of sp³-hybridized carbons (Fsp3) is 0.111. The zero-order valence-corrected chi connectivity index (χ0v) is 13.4. The van der Waals surface area contributed by atoms with Gasteiger partial charge in [0.2, 0.25) is 0 Å². The predicted molar refractivity (Wildman–Crippen MR) is 90.2 cm³/mol. The third-order valence-corrected chi connectivity index (χ3v) is 4.01. The lowest BCUT2D eigenvalue weighted by Gasteiger charge is -2.06. The fourth-order valence-corrected chi connectivity index (χ4v) is 2.77. The van der Waals surface area contributed by atoms with E-state index in [2.05, 4.69) is 10.1 Å². The van der Waals surface area contributed by atoms with Gasteiger partial charge in [0, 0.05) is 28.4 Å². The van der Waals surface area contributed by atoms with Gasteiger partial charge in [0.25, 0.3) is 5.89 Å². The molecule has 132 valence electrons. The number of benzene rings is 2. The van der Waals surface area contributed by atoms with Gasteiger partial charge in [-0.15, -0.1) is 0 Å². The van der Waals surface area contributed by atoms with Crippen molar-refractivity contribution in [1.29, 1.82) is 0 Å². The van der Waals surface area contributed by atoms with Crippen molar-refractivity contribution in [3.8, 4) is 11.5 Å². The van der Waals surface area contributed by atoms with Crippen LogP contribution in [0, 0.1) is 0 Å². The first-order chi connectivity index (χ1) is 12.4. The minimum absolute atomic E-state index is 0.0480. The smallest absolute Gasteiger partial charge is 0.399 e. The Morgan fingerprint density at radius 1 is 1.08 bits per heavy atom. The molecule has 0 saturated heterocycles. The summed E-state index contributed by atoms with van der Waals surface area (Å²) >= 11 is 0. The number of nitrogen functional groups attached to an aromatic ring is 1. The molecule has 4 aromatic rings. The van der Waals surface area contributed by atoms with E-state index in [9.17, 15) is 13.2 Å². The quantitative estimate of drug-likeness (QED) is 0.553. The van der Waals surface area contributed by atoms with Crippen molar-refractivity contribution in [3.63, 3.8) is 0 Å². The summed E-state index contributed by atoms with van der Waals surface area (Å²) in [7, 11) is 0. The third kappa shape index (κ3) is 3.01. The number of halogens is 3. The highest BCUT2D eigenvalue weighted by atomic mass is 19.4. The largest absolute Gasteiger partial charge is 0.416 e. The minimum Gasteiger partial charge on any atom is -0.399 e. The summed E-state index contributed by atoms with van der Waals surface area (Å²) in [5.41, 5.74) is 6.85. The summed E-state index contributed by atoms with van der Waals surface area (Å²) in [6, 6.07) is 12.3. The van der Waals surface area contributed by atoms with Crippen molar-refractivity contribution in [1.82, 2.24) is 14.7 Å². The van der Waals surface area contributed by atoms with Crippen molar-refractivity contribution in [3.05, 3.63) is 66.1 Å². The zero-order chi connectivity index (χ0) is 18.3. The van der Waals surface area contributed by atoms with E-state index >= 15 is 0 Å². The molecule has 5 nitrogen and oxygen atoms in total. The monoisotopic (exact) mass is 358 g/mol. The molecule has 0 amide bonds. The maximum atomic E-state index is 12.8. The Kier molecular flexibility index (Phi) is 3.68. The second kappa shape index (κ2) is 5.91. The van der Waals surface area contributed by atoms with Crippen LogP contribution in [0.2, 0.25) is 0 Å². The number of aromatic nitrogens is 3. The first kappa shape index (κ1) is 16.2. The molecule has 2 aromatic heterocycles. The van der Waals surface area contributed by atoms with Crippen molar-refractivity contribution in [2.24, 2.45) is 0 Å². The normalized spacial score (nSPS) is 12.0. The molecule has 0 unspecified atom stereocenters. The first-order valence-corrected chi connectivity index (χ1v) is 7.75. The Balaban J connectivity index is 1.62. The highest BCUT2D eigenvalue weighted by Crippen LogP contribution is 2.31. The van der Waals surface area contributed by atoms with Crippen LogP contribution < -0.4 is 5.73 Å². The first-order valence-electron chi connectivity index (χ1n) is 7.75. The average Bonchev–Trinajstić information content (AvgIpc) is 3.22. The van der Waals surface area contributed by atoms with Gasteiger partial charge in [0.05, 0.1) is 12.1 Å². The summed E-state index contributed by atoms with van der Waals surface area (Å²) in [5, 5.41) is 4.85. The van der Waals surface area contributed by atoms with Crippen LogP contribution in [0.4, 0.5) is 18.9 Å². The number of nitrogens with zero attached hydrogens (tertiary/aromatic N) is 3. The number of rotatable bonds is 3. The molecular formula is C18H13F3N4O. The maximum Gasteiger partial charge on any atom is 0.416 e. The van der Waals surface area contributed by atoms with Gasteiger partial charge in [-0.2, -0.15) is 18.2 Å². The molecule has 2 aromatic carbocycles. The minimum atomic E-state index is -4.43. The summed E-state index contributed by atoms with van der Waals surface area (Å²) in [4.78, 5) is 4.21. The molecule has 0 radical (unpaired) electrons. The molecule has 0 fully saturated rings. The number of hydrogen-bond acceptors (Lipinski definition) is 4. The van der Waals surface area contributed by atoms with Crippen LogP contribution in [0.1, 0.15) is 11.4 Å². The average molecular weight is 358 g/mol. The molecule has 0 spiro atoms. The molecule has 4 rings (SSSR count). The zero-order valence-electron chi connectivity index (χ0n) is 13.4. The van der Waals surface area contributed by atoms with Gasteiger partial charge in [-0.05, 0) is 42.5 Å². The topological polar surface area (TPSA) is 69.9 Å². The van der Waals surface area contributed by atoms with Gasteiger partial charge in [-0.1, -0.05) is 11.2 Å². The molecule has 0 atom stereocenters. The van der Waals surface area contributed by atoms with Gasteiger partial charge >= 0.3 is 6.18 Å². The van der Waals surface area contributed by atoms with Gasteiger partial charge < -0.3 is 14.8 Å². The van der Waals surface area contributed by atoms with E-state index in [-0.39, 0.29) is 11.5 Å². The molecule has 2 N–H and O–H groups in total. The fourth-order valence-electron chi connectivity index (χ4n) is 2.77. The summed E-state index contributed by atoms with van der Waals surface area (Å²) in [6.07, 6.45) is -2.56. The molecule has 0 aliphatic rings. The number of fused-ring (bicyclic) bond motifs is 1.